The van der Waals surface area contributed by atoms with Crippen LogP contribution in [0.25, 0.3) is 0 Å². The molecule has 0 saturated carbocycles. The Morgan fingerprint density at radius 3 is 2.65 bits per heavy atom. The van der Waals surface area contributed by atoms with E-state index < -0.39 is 0 Å². The maximum Gasteiger partial charge on any atom is 0.323 e. The van der Waals surface area contributed by atoms with Crippen LogP contribution in [0.15, 0.2) is 0 Å². The fraction of sp³-hybridized carbons (Fsp3) is 0.556. The van der Waals surface area contributed by atoms with Gasteiger partial charge >= 0.3 is 6.01 Å². The first-order valence-electron chi connectivity index (χ1n) is 5.24. The lowest BCUT2D eigenvalue weighted by Gasteiger charge is -2.07. The number of aromatic nitrogens is 3. The number of ether oxygens (including phenoxy) is 1. The van der Waals surface area contributed by atoms with Crippen LogP contribution in [0.1, 0.15) is 13.3 Å². The summed E-state index contributed by atoms with van der Waals surface area (Å²) in [5.74, 6) is 0.351. The number of nitrogens with zero attached hydrogens (tertiary/aromatic N) is 3. The minimum atomic E-state index is -0.384. The normalized spacial score (nSPS) is 9.76. The molecule has 8 heteroatoms. The van der Waals surface area contributed by atoms with Gasteiger partial charge in [-0.1, -0.05) is 0 Å². The molecule has 0 aromatic carbocycles. The first kappa shape index (κ1) is 12.9. The lowest BCUT2D eigenvalue weighted by molar-refractivity contribution is -0.117. The molecule has 4 N–H and O–H groups in total. The standard InChI is InChI=1S/C9H16N6O2/c1-3-17-9-14-7(11-2)13-8(15-9)12-5-4-6(10)16/h3-5H2,1-2H3,(H2,10,16)(H2,11,12,13,14,15). The van der Waals surface area contributed by atoms with Crippen LogP contribution in [0.5, 0.6) is 6.01 Å². The van der Waals surface area contributed by atoms with Gasteiger partial charge < -0.3 is 21.1 Å². The van der Waals surface area contributed by atoms with Gasteiger partial charge in [0.2, 0.25) is 17.8 Å². The SMILES string of the molecule is CCOc1nc(NC)nc(NCCC(N)=O)n1. The highest BCUT2D eigenvalue weighted by Gasteiger charge is 2.06. The number of primary amides is 1. The zero-order valence-electron chi connectivity index (χ0n) is 9.86. The molecule has 0 spiro atoms. The van der Waals surface area contributed by atoms with Crippen LogP contribution in [-0.4, -0.2) is 41.1 Å². The zero-order valence-corrected chi connectivity index (χ0v) is 9.86. The third-order valence-corrected chi connectivity index (χ3v) is 1.77. The summed E-state index contributed by atoms with van der Waals surface area (Å²) in [4.78, 5) is 22.6. The molecule has 1 amide bonds. The predicted octanol–water partition coefficient (Wildman–Crippen LogP) is -0.401. The Morgan fingerprint density at radius 2 is 2.06 bits per heavy atom. The zero-order chi connectivity index (χ0) is 12.7. The molecule has 0 atom stereocenters. The molecule has 1 aromatic rings. The van der Waals surface area contributed by atoms with Crippen LogP contribution >= 0.6 is 0 Å². The Balaban J connectivity index is 2.69. The summed E-state index contributed by atoms with van der Waals surface area (Å²) in [7, 11) is 1.69. The van der Waals surface area contributed by atoms with Crippen LogP contribution in [0.4, 0.5) is 11.9 Å². The van der Waals surface area contributed by atoms with Crippen molar-refractivity contribution in [2.75, 3.05) is 30.8 Å². The van der Waals surface area contributed by atoms with E-state index in [1.807, 2.05) is 6.92 Å². The van der Waals surface area contributed by atoms with Crippen molar-refractivity contribution in [3.05, 3.63) is 0 Å². The molecule has 0 aliphatic rings. The van der Waals surface area contributed by atoms with Gasteiger partial charge in [-0.25, -0.2) is 0 Å². The van der Waals surface area contributed by atoms with Gasteiger partial charge in [0.1, 0.15) is 0 Å². The van der Waals surface area contributed by atoms with Crippen LogP contribution in [0.2, 0.25) is 0 Å². The van der Waals surface area contributed by atoms with Crippen LogP contribution < -0.4 is 21.1 Å². The van der Waals surface area contributed by atoms with Gasteiger partial charge in [-0.15, -0.1) is 0 Å². The Kier molecular flexibility index (Phi) is 4.92. The summed E-state index contributed by atoms with van der Waals surface area (Å²) in [6.07, 6.45) is 0.213. The molecular formula is C9H16N6O2. The van der Waals surface area contributed by atoms with E-state index in [4.69, 9.17) is 10.5 Å². The maximum atomic E-state index is 10.6. The summed E-state index contributed by atoms with van der Waals surface area (Å²) in [6, 6.07) is 0.230. The monoisotopic (exact) mass is 240 g/mol. The fourth-order valence-corrected chi connectivity index (χ4v) is 1.04. The van der Waals surface area contributed by atoms with E-state index in [9.17, 15) is 4.79 Å². The number of carbonyl (C=O) groups is 1. The Bertz CT molecular complexity index is 384. The van der Waals surface area contributed by atoms with Crippen molar-refractivity contribution in [1.82, 2.24) is 15.0 Å². The molecule has 0 fully saturated rings. The molecule has 94 valence electrons. The topological polar surface area (TPSA) is 115 Å². The number of rotatable bonds is 7. The smallest absolute Gasteiger partial charge is 0.323 e. The van der Waals surface area contributed by atoms with E-state index in [2.05, 4.69) is 25.6 Å². The van der Waals surface area contributed by atoms with Crippen molar-refractivity contribution >= 4 is 17.8 Å². The molecule has 0 aliphatic heterocycles. The van der Waals surface area contributed by atoms with E-state index in [1.165, 1.54) is 0 Å². The van der Waals surface area contributed by atoms with Gasteiger partial charge in [0.05, 0.1) is 6.61 Å². The van der Waals surface area contributed by atoms with Crippen LogP contribution in [-0.2, 0) is 4.79 Å². The quantitative estimate of drug-likeness (QED) is 0.593. The van der Waals surface area contributed by atoms with Crippen molar-refractivity contribution in [2.24, 2.45) is 5.73 Å². The van der Waals surface area contributed by atoms with Gasteiger partial charge in [-0.05, 0) is 6.92 Å². The van der Waals surface area contributed by atoms with Crippen LogP contribution in [0.3, 0.4) is 0 Å². The third-order valence-electron chi connectivity index (χ3n) is 1.77. The third kappa shape index (κ3) is 4.49. The van der Waals surface area contributed by atoms with E-state index in [-0.39, 0.29) is 18.3 Å². The summed E-state index contributed by atoms with van der Waals surface area (Å²) in [6.45, 7) is 2.67. The lowest BCUT2D eigenvalue weighted by Crippen LogP contribution is -2.17. The van der Waals surface area contributed by atoms with E-state index in [0.29, 0.717) is 25.0 Å². The second kappa shape index (κ2) is 6.46. The molecule has 1 aromatic heterocycles. The first-order chi connectivity index (χ1) is 8.15. The number of nitrogens with one attached hydrogen (secondary N) is 2. The number of hydrogen-bond donors (Lipinski definition) is 3. The molecule has 8 nitrogen and oxygen atoms in total. The van der Waals surface area contributed by atoms with Gasteiger partial charge in [0.15, 0.2) is 0 Å². The minimum absolute atomic E-state index is 0.213. The molecule has 17 heavy (non-hydrogen) atoms. The second-order valence-corrected chi connectivity index (χ2v) is 3.09. The van der Waals surface area contributed by atoms with Crippen molar-refractivity contribution in [3.63, 3.8) is 0 Å². The van der Waals surface area contributed by atoms with Crippen LogP contribution in [0, 0.1) is 0 Å². The molecule has 0 unspecified atom stereocenters. The lowest BCUT2D eigenvalue weighted by atomic mass is 10.4. The molecule has 0 bridgehead atoms. The highest BCUT2D eigenvalue weighted by molar-refractivity contribution is 5.74. The van der Waals surface area contributed by atoms with Crippen molar-refractivity contribution < 1.29 is 9.53 Å². The maximum absolute atomic E-state index is 10.6. The summed E-state index contributed by atoms with van der Waals surface area (Å²) in [5, 5.41) is 5.66. The summed E-state index contributed by atoms with van der Waals surface area (Å²) < 4.78 is 5.18. The molecular weight excluding hydrogens is 224 g/mol. The van der Waals surface area contributed by atoms with Crippen molar-refractivity contribution in [2.45, 2.75) is 13.3 Å². The fourth-order valence-electron chi connectivity index (χ4n) is 1.04. The number of amides is 1. The molecule has 0 saturated heterocycles. The average Bonchev–Trinajstić information content (AvgIpc) is 2.28. The summed E-state index contributed by atoms with van der Waals surface area (Å²) in [5.41, 5.74) is 5.02. The first-order valence-corrected chi connectivity index (χ1v) is 5.24. The molecule has 0 radical (unpaired) electrons. The minimum Gasteiger partial charge on any atom is -0.464 e. The number of hydrogen-bond acceptors (Lipinski definition) is 7. The Labute approximate surface area is 99.0 Å². The molecule has 1 rings (SSSR count). The second-order valence-electron chi connectivity index (χ2n) is 3.09. The largest absolute Gasteiger partial charge is 0.464 e. The van der Waals surface area contributed by atoms with Gasteiger partial charge in [0.25, 0.3) is 0 Å². The number of nitrogens with two attached hydrogens (primary N) is 1. The van der Waals surface area contributed by atoms with Gasteiger partial charge in [-0.3, -0.25) is 4.79 Å². The number of carbonyl (C=O) groups excluding carboxylic acids is 1. The van der Waals surface area contributed by atoms with E-state index in [0.717, 1.165) is 0 Å². The molecule has 1 heterocycles. The van der Waals surface area contributed by atoms with Crippen molar-refractivity contribution in [3.8, 4) is 6.01 Å². The highest BCUT2D eigenvalue weighted by Crippen LogP contribution is 2.10. The van der Waals surface area contributed by atoms with Gasteiger partial charge in [0, 0.05) is 20.0 Å². The average molecular weight is 240 g/mol. The van der Waals surface area contributed by atoms with Gasteiger partial charge in [-0.2, -0.15) is 15.0 Å². The van der Waals surface area contributed by atoms with E-state index in [1.54, 1.807) is 7.05 Å². The predicted molar refractivity (Wildman–Crippen MR) is 62.8 cm³/mol. The highest BCUT2D eigenvalue weighted by atomic mass is 16.5. The Morgan fingerprint density at radius 1 is 1.35 bits per heavy atom. The van der Waals surface area contributed by atoms with Crippen molar-refractivity contribution in [1.29, 1.82) is 0 Å². The van der Waals surface area contributed by atoms with E-state index >= 15 is 0 Å². The number of anilines is 2. The Hall–Kier alpha value is -2.12. The molecule has 0 aliphatic carbocycles. The summed E-state index contributed by atoms with van der Waals surface area (Å²) >= 11 is 0.